The van der Waals surface area contributed by atoms with Crippen LogP contribution in [0.2, 0.25) is 0 Å². The van der Waals surface area contributed by atoms with Crippen molar-refractivity contribution in [3.8, 4) is 0 Å². The first kappa shape index (κ1) is 18.6. The van der Waals surface area contributed by atoms with Crippen LogP contribution < -0.4 is 10.9 Å². The summed E-state index contributed by atoms with van der Waals surface area (Å²) in [6.45, 7) is 4.48. The van der Waals surface area contributed by atoms with Crippen LogP contribution >= 0.6 is 0 Å². The van der Waals surface area contributed by atoms with E-state index < -0.39 is 0 Å². The molecular formula is C22H23N3O2. The van der Waals surface area contributed by atoms with E-state index in [0.29, 0.717) is 6.54 Å². The van der Waals surface area contributed by atoms with Crippen LogP contribution in [0.3, 0.4) is 0 Å². The maximum Gasteiger partial charge on any atom is 0.272 e. The van der Waals surface area contributed by atoms with E-state index in [9.17, 15) is 9.59 Å². The number of aryl methyl sites for hydroxylation is 2. The Morgan fingerprint density at radius 2 is 1.67 bits per heavy atom. The Bertz CT molecular complexity index is 963. The van der Waals surface area contributed by atoms with Crippen LogP contribution in [-0.4, -0.2) is 15.7 Å². The van der Waals surface area contributed by atoms with Gasteiger partial charge in [-0.1, -0.05) is 67.1 Å². The molecule has 0 aliphatic heterocycles. The number of carbonyl (C=O) groups is 1. The Balaban J connectivity index is 1.92. The summed E-state index contributed by atoms with van der Waals surface area (Å²) in [4.78, 5) is 24.7. The molecule has 0 bridgehead atoms. The fourth-order valence-electron chi connectivity index (χ4n) is 2.91. The summed E-state index contributed by atoms with van der Waals surface area (Å²) in [5.74, 6) is -0.311. The summed E-state index contributed by atoms with van der Waals surface area (Å²) >= 11 is 0. The molecule has 1 atom stereocenters. The molecule has 1 unspecified atom stereocenters. The van der Waals surface area contributed by atoms with Gasteiger partial charge >= 0.3 is 0 Å². The summed E-state index contributed by atoms with van der Waals surface area (Å²) in [5.41, 5.74) is 3.16. The predicted octanol–water partition coefficient (Wildman–Crippen LogP) is 3.48. The largest absolute Gasteiger partial charge is 0.340 e. The Morgan fingerprint density at radius 3 is 2.33 bits per heavy atom. The number of nitrogens with zero attached hydrogens (tertiary/aromatic N) is 2. The first-order chi connectivity index (χ1) is 13.1. The Hall–Kier alpha value is -3.21. The minimum absolute atomic E-state index is 0.202. The molecular weight excluding hydrogens is 338 g/mol. The molecule has 5 heteroatoms. The Morgan fingerprint density at radius 1 is 1.00 bits per heavy atom. The highest BCUT2D eigenvalue weighted by Crippen LogP contribution is 2.22. The van der Waals surface area contributed by atoms with Gasteiger partial charge in [0.2, 0.25) is 0 Å². The van der Waals surface area contributed by atoms with Gasteiger partial charge in [0.15, 0.2) is 0 Å². The topological polar surface area (TPSA) is 64.0 Å². The van der Waals surface area contributed by atoms with Crippen molar-refractivity contribution in [2.75, 3.05) is 0 Å². The van der Waals surface area contributed by atoms with Crippen molar-refractivity contribution in [2.45, 2.75) is 32.9 Å². The summed E-state index contributed by atoms with van der Waals surface area (Å²) in [5, 5.41) is 7.27. The lowest BCUT2D eigenvalue weighted by Crippen LogP contribution is -2.32. The monoisotopic (exact) mass is 361 g/mol. The molecule has 0 aliphatic carbocycles. The lowest BCUT2D eigenvalue weighted by Gasteiger charge is -2.20. The van der Waals surface area contributed by atoms with E-state index in [1.54, 1.807) is 0 Å². The van der Waals surface area contributed by atoms with Crippen LogP contribution in [0.5, 0.6) is 0 Å². The van der Waals surface area contributed by atoms with Gasteiger partial charge in [0.1, 0.15) is 5.69 Å². The molecule has 3 aromatic rings. The minimum Gasteiger partial charge on any atom is -0.340 e. The summed E-state index contributed by atoms with van der Waals surface area (Å²) in [6, 6.07) is 20.4. The number of hydrogen-bond donors (Lipinski definition) is 1. The predicted molar refractivity (Wildman–Crippen MR) is 106 cm³/mol. The fourth-order valence-corrected chi connectivity index (χ4v) is 2.91. The second kappa shape index (κ2) is 8.45. The van der Waals surface area contributed by atoms with Crippen LogP contribution in [0.25, 0.3) is 0 Å². The van der Waals surface area contributed by atoms with E-state index in [0.717, 1.165) is 23.1 Å². The Kier molecular flexibility index (Phi) is 5.81. The molecule has 138 valence electrons. The summed E-state index contributed by atoms with van der Waals surface area (Å²) < 4.78 is 1.33. The number of hydrogen-bond acceptors (Lipinski definition) is 3. The molecule has 0 spiro atoms. The fraction of sp³-hybridized carbons (Fsp3) is 0.227. The molecule has 0 saturated carbocycles. The average Bonchev–Trinajstić information content (AvgIpc) is 2.69. The molecule has 1 N–H and O–H groups in total. The van der Waals surface area contributed by atoms with E-state index in [2.05, 4.69) is 10.4 Å². The van der Waals surface area contributed by atoms with Gasteiger partial charge in [0.05, 0.1) is 6.04 Å². The zero-order chi connectivity index (χ0) is 19.2. The van der Waals surface area contributed by atoms with Gasteiger partial charge in [-0.15, -0.1) is 0 Å². The normalized spacial score (nSPS) is 11.8. The maximum atomic E-state index is 12.8. The molecule has 2 aromatic carbocycles. The van der Waals surface area contributed by atoms with Crippen molar-refractivity contribution in [1.29, 1.82) is 0 Å². The minimum atomic E-state index is -0.311. The third-order valence-corrected chi connectivity index (χ3v) is 4.35. The second-order valence-corrected chi connectivity index (χ2v) is 6.51. The molecule has 0 fully saturated rings. The third-order valence-electron chi connectivity index (χ3n) is 4.35. The Labute approximate surface area is 158 Å². The highest BCUT2D eigenvalue weighted by molar-refractivity contribution is 5.92. The van der Waals surface area contributed by atoms with Gasteiger partial charge in [-0.3, -0.25) is 9.59 Å². The first-order valence-electron chi connectivity index (χ1n) is 9.09. The summed E-state index contributed by atoms with van der Waals surface area (Å²) in [7, 11) is 0. The first-order valence-corrected chi connectivity index (χ1v) is 9.09. The number of aromatic nitrogens is 2. The van der Waals surface area contributed by atoms with Crippen LogP contribution in [0.15, 0.2) is 71.5 Å². The van der Waals surface area contributed by atoms with Crippen LogP contribution in [-0.2, 0) is 6.54 Å². The molecule has 0 radical (unpaired) electrons. The van der Waals surface area contributed by atoms with Crippen LogP contribution in [0.4, 0.5) is 0 Å². The van der Waals surface area contributed by atoms with Gasteiger partial charge in [-0.2, -0.15) is 5.10 Å². The van der Waals surface area contributed by atoms with Crippen LogP contribution in [0, 0.1) is 6.92 Å². The third kappa shape index (κ3) is 4.50. The van der Waals surface area contributed by atoms with Gasteiger partial charge < -0.3 is 5.32 Å². The van der Waals surface area contributed by atoms with Crippen LogP contribution in [0.1, 0.15) is 46.6 Å². The highest BCUT2D eigenvalue weighted by atomic mass is 16.2. The van der Waals surface area contributed by atoms with Gasteiger partial charge in [-0.25, -0.2) is 4.68 Å². The summed E-state index contributed by atoms with van der Waals surface area (Å²) in [6.07, 6.45) is 0.772. The van der Waals surface area contributed by atoms with E-state index in [-0.39, 0.29) is 23.2 Å². The van der Waals surface area contributed by atoms with Crippen molar-refractivity contribution in [3.05, 3.63) is 99.5 Å². The quantitative estimate of drug-likeness (QED) is 0.731. The van der Waals surface area contributed by atoms with E-state index in [1.807, 2.05) is 68.4 Å². The SMILES string of the molecule is CCCn1nc(C(=O)NC(c2ccccc2)c2ccc(C)cc2)ccc1=O. The molecule has 27 heavy (non-hydrogen) atoms. The van der Waals surface area contributed by atoms with Gasteiger partial charge in [-0.05, 0) is 30.5 Å². The molecule has 1 heterocycles. The molecule has 1 amide bonds. The molecule has 5 nitrogen and oxygen atoms in total. The van der Waals surface area contributed by atoms with Crippen molar-refractivity contribution in [3.63, 3.8) is 0 Å². The molecule has 3 rings (SSSR count). The lowest BCUT2D eigenvalue weighted by molar-refractivity contribution is 0.0935. The van der Waals surface area contributed by atoms with Crippen molar-refractivity contribution in [1.82, 2.24) is 15.1 Å². The van der Waals surface area contributed by atoms with Crippen molar-refractivity contribution in [2.24, 2.45) is 0 Å². The number of carbonyl (C=O) groups excluding carboxylic acids is 1. The number of rotatable bonds is 6. The van der Waals surface area contributed by atoms with E-state index >= 15 is 0 Å². The van der Waals surface area contributed by atoms with Gasteiger partial charge in [0.25, 0.3) is 11.5 Å². The van der Waals surface area contributed by atoms with Crippen molar-refractivity contribution >= 4 is 5.91 Å². The molecule has 0 aliphatic rings. The standard InChI is InChI=1S/C22H23N3O2/c1-3-15-25-20(26)14-13-19(24-25)22(27)23-21(17-7-5-4-6-8-17)18-11-9-16(2)10-12-18/h4-14,21H,3,15H2,1-2H3,(H,23,27). The zero-order valence-electron chi connectivity index (χ0n) is 15.6. The van der Waals surface area contributed by atoms with E-state index in [1.165, 1.54) is 16.8 Å². The molecule has 0 saturated heterocycles. The van der Waals surface area contributed by atoms with Crippen molar-refractivity contribution < 1.29 is 4.79 Å². The number of amides is 1. The maximum absolute atomic E-state index is 12.8. The zero-order valence-corrected chi connectivity index (χ0v) is 15.6. The van der Waals surface area contributed by atoms with E-state index in [4.69, 9.17) is 0 Å². The molecule has 1 aromatic heterocycles. The smallest absolute Gasteiger partial charge is 0.272 e. The average molecular weight is 361 g/mol. The number of benzene rings is 2. The lowest BCUT2D eigenvalue weighted by atomic mass is 9.97. The number of nitrogens with one attached hydrogen (secondary N) is 1. The van der Waals surface area contributed by atoms with Gasteiger partial charge in [0, 0.05) is 12.6 Å². The highest BCUT2D eigenvalue weighted by Gasteiger charge is 2.19. The second-order valence-electron chi connectivity index (χ2n) is 6.51.